The second-order valence-corrected chi connectivity index (χ2v) is 4.47. The summed E-state index contributed by atoms with van der Waals surface area (Å²) in [6.07, 6.45) is -0.0672. The fourth-order valence-electron chi connectivity index (χ4n) is 2.20. The highest BCUT2D eigenvalue weighted by molar-refractivity contribution is 5.96. The highest BCUT2D eigenvalue weighted by atomic mass is 16.5. The van der Waals surface area contributed by atoms with Crippen molar-refractivity contribution in [3.8, 4) is 5.75 Å². The minimum absolute atomic E-state index is 0.0672. The number of hydrogen-bond donors (Lipinski definition) is 1. The second-order valence-electron chi connectivity index (χ2n) is 4.47. The molecule has 1 aromatic carbocycles. The summed E-state index contributed by atoms with van der Waals surface area (Å²) < 4.78 is 11.8. The molecule has 0 unspecified atom stereocenters. The smallest absolute Gasteiger partial charge is 0.354 e. The van der Waals surface area contributed by atoms with Gasteiger partial charge in [-0.1, -0.05) is 0 Å². The van der Waals surface area contributed by atoms with Gasteiger partial charge in [-0.15, -0.1) is 0 Å². The fourth-order valence-corrected chi connectivity index (χ4v) is 2.20. The number of esters is 1. The molecule has 0 bridgehead atoms. The summed E-state index contributed by atoms with van der Waals surface area (Å²) in [7, 11) is 1.56. The summed E-state index contributed by atoms with van der Waals surface area (Å²) in [6, 6.07) is 7.07. The summed E-state index contributed by atoms with van der Waals surface area (Å²) in [5.74, 6) is -0.702. The zero-order chi connectivity index (χ0) is 15.4. The van der Waals surface area contributed by atoms with Crippen LogP contribution in [-0.2, 0) is 16.1 Å². The highest BCUT2D eigenvalue weighted by Gasteiger charge is 2.17. The number of benzene rings is 1. The SMILES string of the molecule is CCOC(=O)c1cc2cc(OC)ccc2n1CCC(=O)O. The maximum atomic E-state index is 12.0. The van der Waals surface area contributed by atoms with Gasteiger partial charge in [0.15, 0.2) is 0 Å². The number of methoxy groups -OCH3 is 1. The molecule has 0 saturated heterocycles. The molecule has 0 aliphatic heterocycles. The summed E-state index contributed by atoms with van der Waals surface area (Å²) in [5.41, 5.74) is 1.13. The molecule has 112 valence electrons. The third-order valence-corrected chi connectivity index (χ3v) is 3.14. The number of aromatic nitrogens is 1. The Labute approximate surface area is 121 Å². The topological polar surface area (TPSA) is 77.8 Å². The minimum Gasteiger partial charge on any atom is -0.497 e. The summed E-state index contributed by atoms with van der Waals surface area (Å²) in [5, 5.41) is 9.66. The predicted octanol–water partition coefficient (Wildman–Crippen LogP) is 2.30. The molecule has 0 saturated carbocycles. The first kappa shape index (κ1) is 14.9. The van der Waals surface area contributed by atoms with Crippen LogP contribution in [0.4, 0.5) is 0 Å². The van der Waals surface area contributed by atoms with E-state index in [2.05, 4.69) is 0 Å². The molecular formula is C15H17NO5. The molecule has 21 heavy (non-hydrogen) atoms. The second kappa shape index (κ2) is 6.30. The first-order valence-corrected chi connectivity index (χ1v) is 6.63. The molecule has 0 amide bonds. The molecule has 2 rings (SSSR count). The molecule has 1 heterocycles. The molecule has 1 aromatic heterocycles. The van der Waals surface area contributed by atoms with Crippen LogP contribution in [0, 0.1) is 0 Å². The molecule has 2 aromatic rings. The molecule has 0 fully saturated rings. The van der Waals surface area contributed by atoms with Gasteiger partial charge in [0.2, 0.25) is 0 Å². The number of rotatable bonds is 6. The molecule has 0 radical (unpaired) electrons. The van der Waals surface area contributed by atoms with Crippen molar-refractivity contribution >= 4 is 22.8 Å². The van der Waals surface area contributed by atoms with Gasteiger partial charge in [0.1, 0.15) is 11.4 Å². The van der Waals surface area contributed by atoms with Crippen molar-refractivity contribution in [2.75, 3.05) is 13.7 Å². The lowest BCUT2D eigenvalue weighted by atomic mass is 10.2. The largest absolute Gasteiger partial charge is 0.497 e. The monoisotopic (exact) mass is 291 g/mol. The Morgan fingerprint density at radius 2 is 2.05 bits per heavy atom. The van der Waals surface area contributed by atoms with E-state index in [-0.39, 0.29) is 19.6 Å². The van der Waals surface area contributed by atoms with E-state index in [1.54, 1.807) is 42.9 Å². The van der Waals surface area contributed by atoms with Crippen molar-refractivity contribution < 1.29 is 24.2 Å². The van der Waals surface area contributed by atoms with E-state index in [1.165, 1.54) is 0 Å². The van der Waals surface area contributed by atoms with Crippen LogP contribution in [0.25, 0.3) is 10.9 Å². The first-order chi connectivity index (χ1) is 10.1. The van der Waals surface area contributed by atoms with Gasteiger partial charge >= 0.3 is 11.9 Å². The molecule has 0 spiro atoms. The van der Waals surface area contributed by atoms with Crippen LogP contribution in [0.5, 0.6) is 5.75 Å². The number of carboxylic acid groups (broad SMARTS) is 1. The average molecular weight is 291 g/mol. The quantitative estimate of drug-likeness (QED) is 0.826. The molecular weight excluding hydrogens is 274 g/mol. The fraction of sp³-hybridized carbons (Fsp3) is 0.333. The summed E-state index contributed by atoms with van der Waals surface area (Å²) in [6.45, 7) is 2.20. The van der Waals surface area contributed by atoms with Gasteiger partial charge in [0.25, 0.3) is 0 Å². The Hall–Kier alpha value is -2.50. The van der Waals surface area contributed by atoms with Crippen LogP contribution in [-0.4, -0.2) is 35.3 Å². The minimum atomic E-state index is -0.917. The first-order valence-electron chi connectivity index (χ1n) is 6.63. The maximum absolute atomic E-state index is 12.0. The number of aliphatic carboxylic acids is 1. The standard InChI is InChI=1S/C15H17NO5/c1-3-21-15(19)13-9-10-8-11(20-2)4-5-12(10)16(13)7-6-14(17)18/h4-5,8-9H,3,6-7H2,1-2H3,(H,17,18). The number of aryl methyl sites for hydroxylation is 1. The highest BCUT2D eigenvalue weighted by Crippen LogP contribution is 2.25. The summed E-state index contributed by atoms with van der Waals surface area (Å²) in [4.78, 5) is 22.8. The number of ether oxygens (including phenoxy) is 2. The Bertz CT molecular complexity index is 674. The molecule has 6 heteroatoms. The Morgan fingerprint density at radius 3 is 2.67 bits per heavy atom. The zero-order valence-electron chi connectivity index (χ0n) is 12.0. The lowest BCUT2D eigenvalue weighted by Gasteiger charge is -2.09. The van der Waals surface area contributed by atoms with Gasteiger partial charge < -0.3 is 19.1 Å². The predicted molar refractivity (Wildman–Crippen MR) is 76.7 cm³/mol. The van der Waals surface area contributed by atoms with E-state index in [1.807, 2.05) is 0 Å². The van der Waals surface area contributed by atoms with E-state index in [9.17, 15) is 9.59 Å². The number of carbonyl (C=O) groups is 2. The van der Waals surface area contributed by atoms with Gasteiger partial charge in [0.05, 0.1) is 20.1 Å². The van der Waals surface area contributed by atoms with Crippen LogP contribution in [0.1, 0.15) is 23.8 Å². The van der Waals surface area contributed by atoms with Crippen LogP contribution in [0.15, 0.2) is 24.3 Å². The van der Waals surface area contributed by atoms with E-state index >= 15 is 0 Å². The number of nitrogens with zero attached hydrogens (tertiary/aromatic N) is 1. The zero-order valence-corrected chi connectivity index (χ0v) is 12.0. The van der Waals surface area contributed by atoms with Crippen LogP contribution in [0.3, 0.4) is 0 Å². The van der Waals surface area contributed by atoms with E-state index in [0.29, 0.717) is 11.4 Å². The molecule has 6 nitrogen and oxygen atoms in total. The molecule has 0 aliphatic carbocycles. The lowest BCUT2D eigenvalue weighted by molar-refractivity contribution is -0.137. The number of hydrogen-bond acceptors (Lipinski definition) is 4. The molecule has 0 atom stereocenters. The van der Waals surface area contributed by atoms with Gasteiger partial charge in [-0.25, -0.2) is 4.79 Å². The normalized spacial score (nSPS) is 10.6. The average Bonchev–Trinajstić information content (AvgIpc) is 2.82. The number of carbonyl (C=O) groups excluding carboxylic acids is 1. The van der Waals surface area contributed by atoms with Crippen molar-refractivity contribution in [3.05, 3.63) is 30.0 Å². The van der Waals surface area contributed by atoms with Crippen molar-refractivity contribution in [2.45, 2.75) is 19.9 Å². The third kappa shape index (κ3) is 3.16. The van der Waals surface area contributed by atoms with E-state index in [4.69, 9.17) is 14.6 Å². The van der Waals surface area contributed by atoms with Gasteiger partial charge in [-0.3, -0.25) is 4.79 Å². The van der Waals surface area contributed by atoms with Crippen LogP contribution >= 0.6 is 0 Å². The van der Waals surface area contributed by atoms with Gasteiger partial charge in [0, 0.05) is 17.4 Å². The number of fused-ring (bicyclic) bond motifs is 1. The Balaban J connectivity index is 2.50. The maximum Gasteiger partial charge on any atom is 0.354 e. The number of carboxylic acids is 1. The van der Waals surface area contributed by atoms with E-state index in [0.717, 1.165) is 10.9 Å². The van der Waals surface area contributed by atoms with Crippen molar-refractivity contribution in [3.63, 3.8) is 0 Å². The van der Waals surface area contributed by atoms with Crippen LogP contribution in [0.2, 0.25) is 0 Å². The van der Waals surface area contributed by atoms with Crippen LogP contribution < -0.4 is 4.74 Å². The van der Waals surface area contributed by atoms with Gasteiger partial charge in [-0.05, 0) is 31.2 Å². The molecule has 1 N–H and O–H groups in total. The van der Waals surface area contributed by atoms with Crippen molar-refractivity contribution in [1.82, 2.24) is 4.57 Å². The summed E-state index contributed by atoms with van der Waals surface area (Å²) >= 11 is 0. The van der Waals surface area contributed by atoms with Gasteiger partial charge in [-0.2, -0.15) is 0 Å². The van der Waals surface area contributed by atoms with Crippen molar-refractivity contribution in [2.24, 2.45) is 0 Å². The molecule has 0 aliphatic rings. The Kier molecular flexibility index (Phi) is 4.47. The Morgan fingerprint density at radius 1 is 1.29 bits per heavy atom. The lowest BCUT2D eigenvalue weighted by Crippen LogP contribution is -2.14. The van der Waals surface area contributed by atoms with Crippen molar-refractivity contribution in [1.29, 1.82) is 0 Å². The third-order valence-electron chi connectivity index (χ3n) is 3.14. The van der Waals surface area contributed by atoms with E-state index < -0.39 is 11.9 Å².